The summed E-state index contributed by atoms with van der Waals surface area (Å²) in [6, 6.07) is 5.27. The van der Waals surface area contributed by atoms with E-state index in [1.165, 1.54) is 0 Å². The van der Waals surface area contributed by atoms with Gasteiger partial charge in [0.2, 0.25) is 0 Å². The largest absolute Gasteiger partial charge is 0.437 e. The Morgan fingerprint density at radius 1 is 1.39 bits per heavy atom. The molecule has 98 valence electrons. The fourth-order valence-corrected chi connectivity index (χ4v) is 2.51. The van der Waals surface area contributed by atoms with Gasteiger partial charge in [0.05, 0.1) is 11.7 Å². The Morgan fingerprint density at radius 2 is 2.06 bits per heavy atom. The van der Waals surface area contributed by atoms with Crippen molar-refractivity contribution in [2.75, 3.05) is 0 Å². The maximum Gasteiger partial charge on any atom is 0.411 e. The van der Waals surface area contributed by atoms with Gasteiger partial charge in [-0.2, -0.15) is 0 Å². The van der Waals surface area contributed by atoms with E-state index in [2.05, 4.69) is 4.98 Å². The molecule has 1 amide bonds. The molecule has 1 aromatic rings. The van der Waals surface area contributed by atoms with Gasteiger partial charge in [0.25, 0.3) is 0 Å². The monoisotopic (exact) mass is 268 g/mol. The first-order valence-corrected chi connectivity index (χ1v) is 6.31. The predicted molar refractivity (Wildman–Crippen MR) is 69.5 cm³/mol. The molecule has 1 saturated heterocycles. The van der Waals surface area contributed by atoms with Crippen LogP contribution in [0.15, 0.2) is 18.2 Å². The molecule has 2 atom stereocenters. The Morgan fingerprint density at radius 3 is 2.56 bits per heavy atom. The lowest BCUT2D eigenvalue weighted by molar-refractivity contribution is 0.118. The summed E-state index contributed by atoms with van der Waals surface area (Å²) in [7, 11) is 0. The highest BCUT2D eigenvalue weighted by Gasteiger charge is 2.45. The fraction of sp³-hybridized carbons (Fsp3) is 0.538. The highest BCUT2D eigenvalue weighted by Crippen LogP contribution is 2.36. The second-order valence-corrected chi connectivity index (χ2v) is 5.86. The topological polar surface area (TPSA) is 42.4 Å². The van der Waals surface area contributed by atoms with Crippen molar-refractivity contribution >= 4 is 17.7 Å². The van der Waals surface area contributed by atoms with Crippen molar-refractivity contribution in [2.45, 2.75) is 45.4 Å². The molecule has 0 aliphatic carbocycles. The van der Waals surface area contributed by atoms with Crippen LogP contribution < -0.4 is 0 Å². The summed E-state index contributed by atoms with van der Waals surface area (Å²) in [6.45, 7) is 7.92. The van der Waals surface area contributed by atoms with Crippen molar-refractivity contribution < 1.29 is 9.53 Å². The van der Waals surface area contributed by atoms with Crippen LogP contribution in [0.2, 0.25) is 5.15 Å². The van der Waals surface area contributed by atoms with Crippen LogP contribution in [-0.2, 0) is 4.74 Å². The number of carbonyl (C=O) groups excluding carboxylic acids is 1. The molecule has 1 aliphatic rings. The Bertz CT molecular complexity index is 470. The van der Waals surface area contributed by atoms with Crippen molar-refractivity contribution in [1.29, 1.82) is 0 Å². The molecular formula is C13H17ClN2O2. The normalized spacial score (nSPS) is 24.3. The Labute approximate surface area is 112 Å². The van der Waals surface area contributed by atoms with Gasteiger partial charge in [-0.25, -0.2) is 9.78 Å². The number of aromatic nitrogens is 1. The predicted octanol–water partition coefficient (Wildman–Crippen LogP) is 3.42. The molecular weight excluding hydrogens is 252 g/mol. The van der Waals surface area contributed by atoms with E-state index in [9.17, 15) is 4.79 Å². The number of carbonyl (C=O) groups is 1. The van der Waals surface area contributed by atoms with E-state index in [1.54, 1.807) is 11.0 Å². The quantitative estimate of drug-likeness (QED) is 0.733. The van der Waals surface area contributed by atoms with Crippen molar-refractivity contribution in [3.8, 4) is 0 Å². The number of ether oxygens (including phenoxy) is 1. The number of cyclic esters (lactones) is 1. The summed E-state index contributed by atoms with van der Waals surface area (Å²) < 4.78 is 5.42. The molecule has 0 saturated carbocycles. The standard InChI is InChI=1S/C13H17ClN2O2/c1-8-11(9-6-5-7-10(14)15-9)18-12(17)16(8)13(2,3)4/h5-8,11H,1-4H3/t8-,11-/m0/s1. The summed E-state index contributed by atoms with van der Waals surface area (Å²) in [5.74, 6) is 0. The number of hydrogen-bond donors (Lipinski definition) is 0. The molecule has 0 unspecified atom stereocenters. The van der Waals surface area contributed by atoms with Gasteiger partial charge in [0.1, 0.15) is 5.15 Å². The highest BCUT2D eigenvalue weighted by molar-refractivity contribution is 6.29. The van der Waals surface area contributed by atoms with Gasteiger partial charge < -0.3 is 4.74 Å². The average Bonchev–Trinajstić information content (AvgIpc) is 2.53. The molecule has 4 nitrogen and oxygen atoms in total. The van der Waals surface area contributed by atoms with E-state index in [-0.39, 0.29) is 23.8 Å². The molecule has 0 spiro atoms. The van der Waals surface area contributed by atoms with E-state index < -0.39 is 0 Å². The van der Waals surface area contributed by atoms with Crippen LogP contribution in [0.25, 0.3) is 0 Å². The highest BCUT2D eigenvalue weighted by atomic mass is 35.5. The number of nitrogens with zero attached hydrogens (tertiary/aromatic N) is 2. The SMILES string of the molecule is C[C@H]1[C@@H](c2cccc(Cl)n2)OC(=O)N1C(C)(C)C. The van der Waals surface area contributed by atoms with Gasteiger partial charge in [-0.15, -0.1) is 0 Å². The van der Waals surface area contributed by atoms with Crippen molar-refractivity contribution in [1.82, 2.24) is 9.88 Å². The lowest BCUT2D eigenvalue weighted by atomic mass is 10.0. The lowest BCUT2D eigenvalue weighted by Gasteiger charge is -2.33. The zero-order valence-electron chi connectivity index (χ0n) is 11.0. The summed E-state index contributed by atoms with van der Waals surface area (Å²) in [6.07, 6.45) is -0.669. The molecule has 0 N–H and O–H groups in total. The third-order valence-corrected chi connectivity index (χ3v) is 3.23. The smallest absolute Gasteiger partial charge is 0.411 e. The molecule has 5 heteroatoms. The number of halogens is 1. The van der Waals surface area contributed by atoms with Crippen LogP contribution in [0.3, 0.4) is 0 Å². The van der Waals surface area contributed by atoms with E-state index in [0.717, 1.165) is 0 Å². The van der Waals surface area contributed by atoms with Crippen molar-refractivity contribution in [3.63, 3.8) is 0 Å². The third-order valence-electron chi connectivity index (χ3n) is 3.02. The second kappa shape index (κ2) is 4.43. The van der Waals surface area contributed by atoms with Crippen LogP contribution in [0.1, 0.15) is 39.5 Å². The molecule has 1 aliphatic heterocycles. The van der Waals surface area contributed by atoms with Crippen molar-refractivity contribution in [2.24, 2.45) is 0 Å². The van der Waals surface area contributed by atoms with E-state index in [0.29, 0.717) is 10.8 Å². The Kier molecular flexibility index (Phi) is 3.23. The summed E-state index contributed by atoms with van der Waals surface area (Å²) in [5, 5.41) is 0.407. The van der Waals surface area contributed by atoms with Crippen LogP contribution in [-0.4, -0.2) is 27.6 Å². The van der Waals surface area contributed by atoms with Crippen molar-refractivity contribution in [3.05, 3.63) is 29.0 Å². The number of hydrogen-bond acceptors (Lipinski definition) is 3. The van der Waals surface area contributed by atoms with Gasteiger partial charge >= 0.3 is 6.09 Å². The summed E-state index contributed by atoms with van der Waals surface area (Å²) in [5.41, 5.74) is 0.416. The zero-order valence-corrected chi connectivity index (χ0v) is 11.7. The molecule has 18 heavy (non-hydrogen) atoms. The average molecular weight is 269 g/mol. The number of pyridine rings is 1. The Hall–Kier alpha value is -1.29. The number of rotatable bonds is 1. The second-order valence-electron chi connectivity index (χ2n) is 5.47. The third kappa shape index (κ3) is 2.29. The van der Waals surface area contributed by atoms with Crippen LogP contribution in [0, 0.1) is 0 Å². The lowest BCUT2D eigenvalue weighted by Crippen LogP contribution is -2.46. The van der Waals surface area contributed by atoms with Crippen LogP contribution in [0.5, 0.6) is 0 Å². The summed E-state index contributed by atoms with van der Waals surface area (Å²) >= 11 is 5.87. The molecule has 1 aromatic heterocycles. The first-order chi connectivity index (χ1) is 8.30. The molecule has 0 radical (unpaired) electrons. The first-order valence-electron chi connectivity index (χ1n) is 5.93. The minimum atomic E-state index is -0.365. The molecule has 2 rings (SSSR count). The van der Waals surface area contributed by atoms with Gasteiger partial charge in [0, 0.05) is 5.54 Å². The fourth-order valence-electron chi connectivity index (χ4n) is 2.34. The van der Waals surface area contributed by atoms with Crippen LogP contribution >= 0.6 is 11.6 Å². The first kappa shape index (κ1) is 13.1. The van der Waals surface area contributed by atoms with Crippen LogP contribution in [0.4, 0.5) is 4.79 Å². The maximum atomic E-state index is 11.9. The van der Waals surface area contributed by atoms with Gasteiger partial charge in [-0.3, -0.25) is 4.90 Å². The van der Waals surface area contributed by atoms with Gasteiger partial charge in [-0.05, 0) is 39.8 Å². The van der Waals surface area contributed by atoms with E-state index in [4.69, 9.17) is 16.3 Å². The molecule has 1 fully saturated rings. The minimum absolute atomic E-state index is 0.0662. The molecule has 0 aromatic carbocycles. The number of amides is 1. The summed E-state index contributed by atoms with van der Waals surface area (Å²) in [4.78, 5) is 17.9. The molecule has 0 bridgehead atoms. The maximum absolute atomic E-state index is 11.9. The van der Waals surface area contributed by atoms with E-state index in [1.807, 2.05) is 39.8 Å². The zero-order chi connectivity index (χ0) is 13.5. The van der Waals surface area contributed by atoms with Gasteiger partial charge in [0.15, 0.2) is 6.10 Å². The van der Waals surface area contributed by atoms with Gasteiger partial charge in [-0.1, -0.05) is 17.7 Å². The Balaban J connectivity index is 2.31. The molecule has 2 heterocycles. The minimum Gasteiger partial charge on any atom is -0.437 e. The van der Waals surface area contributed by atoms with E-state index >= 15 is 0 Å².